The molecule has 210 valence electrons. The highest BCUT2D eigenvalue weighted by Gasteiger charge is 2.04. The molecule has 0 unspecified atom stereocenters. The summed E-state index contributed by atoms with van der Waals surface area (Å²) in [6.45, 7) is 29.6. The molecule has 1 aromatic heterocycles. The van der Waals surface area contributed by atoms with E-state index < -0.39 is 0 Å². The fourth-order valence-electron chi connectivity index (χ4n) is 3.32. The van der Waals surface area contributed by atoms with Gasteiger partial charge in [-0.1, -0.05) is 98.4 Å². The molecule has 0 spiro atoms. The van der Waals surface area contributed by atoms with Crippen LogP contribution in [0.4, 0.5) is 0 Å². The lowest BCUT2D eigenvalue weighted by Gasteiger charge is -2.08. The lowest BCUT2D eigenvalue weighted by atomic mass is 10.0. The van der Waals surface area contributed by atoms with Gasteiger partial charge in [0.2, 0.25) is 0 Å². The highest BCUT2D eigenvalue weighted by molar-refractivity contribution is 5.31. The van der Waals surface area contributed by atoms with Crippen LogP contribution in [0.1, 0.15) is 106 Å². The number of allylic oxidation sites excluding steroid dienone is 2. The number of aromatic nitrogens is 2. The smallest absolute Gasteiger partial charge is 0.0665 e. The van der Waals surface area contributed by atoms with Gasteiger partial charge in [-0.2, -0.15) is 5.10 Å². The average molecular weight is 517 g/mol. The third-order valence-electron chi connectivity index (χ3n) is 6.22. The topological polar surface area (TPSA) is 17.8 Å². The van der Waals surface area contributed by atoms with Crippen LogP contribution < -0.4 is 0 Å². The fourth-order valence-corrected chi connectivity index (χ4v) is 3.32. The van der Waals surface area contributed by atoms with Crippen LogP contribution in [0, 0.1) is 34.6 Å². The lowest BCUT2D eigenvalue weighted by molar-refractivity contribution is 0.656. The van der Waals surface area contributed by atoms with Gasteiger partial charge in [0.1, 0.15) is 0 Å². The Morgan fingerprint density at radius 3 is 1.76 bits per heavy atom. The molecule has 0 atom stereocenters. The number of unbranched alkanes of at least 4 members (excludes halogenated alkanes) is 1. The molecule has 0 radical (unpaired) electrons. The number of nitrogens with zero attached hydrogens (tertiary/aromatic N) is 2. The summed E-state index contributed by atoms with van der Waals surface area (Å²) < 4.78 is 2.07. The monoisotopic (exact) mass is 516 g/mol. The van der Waals surface area contributed by atoms with Crippen LogP contribution in [0.25, 0.3) is 0 Å². The third kappa shape index (κ3) is 16.8. The van der Waals surface area contributed by atoms with Crippen molar-refractivity contribution in [1.29, 1.82) is 0 Å². The first kappa shape index (κ1) is 35.1. The van der Waals surface area contributed by atoms with E-state index >= 15 is 0 Å². The van der Waals surface area contributed by atoms with Crippen molar-refractivity contribution in [1.82, 2.24) is 9.78 Å². The van der Waals surface area contributed by atoms with Crippen molar-refractivity contribution in [3.8, 4) is 0 Å². The third-order valence-corrected chi connectivity index (χ3v) is 6.22. The highest BCUT2D eigenvalue weighted by Crippen LogP contribution is 2.14. The molecule has 38 heavy (non-hydrogen) atoms. The molecule has 0 N–H and O–H groups in total. The predicted octanol–water partition coefficient (Wildman–Crippen LogP) is 10.8. The molecule has 1 heterocycles. The van der Waals surface area contributed by atoms with E-state index in [-0.39, 0.29) is 0 Å². The normalized spacial score (nSPS) is 9.74. The van der Waals surface area contributed by atoms with Gasteiger partial charge >= 0.3 is 0 Å². The van der Waals surface area contributed by atoms with E-state index in [9.17, 15) is 0 Å². The van der Waals surface area contributed by atoms with Gasteiger partial charge < -0.3 is 0 Å². The number of hydrogen-bond acceptors (Lipinski definition) is 1. The second kappa shape index (κ2) is 20.1. The van der Waals surface area contributed by atoms with Crippen molar-refractivity contribution in [3.63, 3.8) is 0 Å². The van der Waals surface area contributed by atoms with Crippen molar-refractivity contribution in [2.24, 2.45) is 0 Å². The van der Waals surface area contributed by atoms with Gasteiger partial charge in [0.25, 0.3) is 0 Å². The van der Waals surface area contributed by atoms with Crippen LogP contribution in [-0.4, -0.2) is 9.78 Å². The molecule has 3 rings (SSSR count). The van der Waals surface area contributed by atoms with Gasteiger partial charge in [0, 0.05) is 5.69 Å². The van der Waals surface area contributed by atoms with E-state index in [1.807, 2.05) is 13.8 Å². The molecule has 2 aromatic carbocycles. The minimum absolute atomic E-state index is 0.868. The zero-order valence-corrected chi connectivity index (χ0v) is 26.4. The molecule has 0 bridgehead atoms. The molecule has 0 aliphatic heterocycles. The number of rotatable bonds is 8. The van der Waals surface area contributed by atoms with E-state index in [1.54, 1.807) is 0 Å². The maximum Gasteiger partial charge on any atom is 0.0665 e. The Balaban J connectivity index is 0.000000556. The van der Waals surface area contributed by atoms with Crippen LogP contribution in [0.15, 0.2) is 72.8 Å². The van der Waals surface area contributed by atoms with Gasteiger partial charge in [-0.3, -0.25) is 4.68 Å². The molecule has 0 amide bonds. The molecular weight excluding hydrogens is 460 g/mol. The summed E-state index contributed by atoms with van der Waals surface area (Å²) in [5.74, 6) is 0. The van der Waals surface area contributed by atoms with E-state index in [0.717, 1.165) is 25.1 Å². The molecule has 0 saturated carbocycles. The van der Waals surface area contributed by atoms with Gasteiger partial charge in [-0.05, 0) is 96.9 Å². The lowest BCUT2D eigenvalue weighted by Crippen LogP contribution is -2.05. The molecule has 2 nitrogen and oxygen atoms in total. The molecule has 2 heteroatoms. The van der Waals surface area contributed by atoms with Crippen LogP contribution >= 0.6 is 0 Å². The SMILES string of the molecule is C=C(C)CC.C=C(C)CCCc1ccc(C)cc1.CCCC.Cc1ccc(C)c(Cn2nc(C)cc2C)c1. The molecule has 0 saturated heterocycles. The summed E-state index contributed by atoms with van der Waals surface area (Å²) in [6, 6.07) is 17.5. The number of aryl methyl sites for hydroxylation is 6. The summed E-state index contributed by atoms with van der Waals surface area (Å²) in [6.07, 6.45) is 7.29. The first-order valence-corrected chi connectivity index (χ1v) is 14.3. The van der Waals surface area contributed by atoms with E-state index in [0.29, 0.717) is 0 Å². The largest absolute Gasteiger partial charge is 0.265 e. The van der Waals surface area contributed by atoms with Crippen LogP contribution in [0.5, 0.6) is 0 Å². The van der Waals surface area contributed by atoms with Crippen molar-refractivity contribution in [2.45, 2.75) is 114 Å². The maximum atomic E-state index is 4.49. The summed E-state index contributed by atoms with van der Waals surface area (Å²) in [4.78, 5) is 0. The molecule has 0 aliphatic carbocycles. The quantitative estimate of drug-likeness (QED) is 0.272. The first-order chi connectivity index (χ1) is 17.9. The van der Waals surface area contributed by atoms with Gasteiger partial charge in [0.15, 0.2) is 0 Å². The van der Waals surface area contributed by atoms with Crippen molar-refractivity contribution < 1.29 is 0 Å². The van der Waals surface area contributed by atoms with Gasteiger partial charge in [-0.25, -0.2) is 0 Å². The number of hydrogen-bond donors (Lipinski definition) is 0. The zero-order valence-electron chi connectivity index (χ0n) is 26.4. The standard InChI is InChI=1S/C14H18N2.C13H18.C5H10.C4H10/c1-10-5-6-11(2)14(7-10)9-16-13(4)8-12(3)15-16;1-11(2)5-4-6-13-9-7-12(3)8-10-13;1-4-5(2)3;1-3-4-2/h5-8H,9H2,1-4H3;7-10H,1,4-6H2,2-3H3;2,4H2,1,3H3;3-4H2,1-2H3. The van der Waals surface area contributed by atoms with Crippen LogP contribution in [0.3, 0.4) is 0 Å². The maximum absolute atomic E-state index is 4.49. The first-order valence-electron chi connectivity index (χ1n) is 14.3. The summed E-state index contributed by atoms with van der Waals surface area (Å²) in [7, 11) is 0. The van der Waals surface area contributed by atoms with E-state index in [2.05, 4.69) is 127 Å². The van der Waals surface area contributed by atoms with Crippen molar-refractivity contribution >= 4 is 0 Å². The Hall–Kier alpha value is -2.87. The average Bonchev–Trinajstić information content (AvgIpc) is 3.19. The van der Waals surface area contributed by atoms with E-state index in [4.69, 9.17) is 0 Å². The van der Waals surface area contributed by atoms with Gasteiger partial charge in [-0.15, -0.1) is 13.2 Å². The number of benzene rings is 2. The van der Waals surface area contributed by atoms with Crippen LogP contribution in [-0.2, 0) is 13.0 Å². The second-order valence-corrected chi connectivity index (χ2v) is 10.6. The van der Waals surface area contributed by atoms with Crippen molar-refractivity contribution in [3.05, 3.63) is 112 Å². The van der Waals surface area contributed by atoms with Gasteiger partial charge in [0.05, 0.1) is 12.2 Å². The minimum atomic E-state index is 0.868. The summed E-state index contributed by atoms with van der Waals surface area (Å²) in [5.41, 5.74) is 11.6. The highest BCUT2D eigenvalue weighted by atomic mass is 15.3. The molecule has 3 aromatic rings. The Kier molecular flexibility index (Phi) is 18.6. The Bertz CT molecular complexity index is 1070. The second-order valence-electron chi connectivity index (χ2n) is 10.6. The Morgan fingerprint density at radius 1 is 0.763 bits per heavy atom. The summed E-state index contributed by atoms with van der Waals surface area (Å²) in [5, 5.41) is 4.49. The Morgan fingerprint density at radius 2 is 1.32 bits per heavy atom. The van der Waals surface area contributed by atoms with Crippen LogP contribution in [0.2, 0.25) is 0 Å². The fraction of sp³-hybridized carbons (Fsp3) is 0.472. The zero-order chi connectivity index (χ0) is 29.1. The molecular formula is C36H56N2. The van der Waals surface area contributed by atoms with Crippen molar-refractivity contribution in [2.75, 3.05) is 0 Å². The Labute approximate surface area is 235 Å². The summed E-state index contributed by atoms with van der Waals surface area (Å²) >= 11 is 0. The van der Waals surface area contributed by atoms with E-state index in [1.165, 1.54) is 70.3 Å². The predicted molar refractivity (Wildman–Crippen MR) is 171 cm³/mol. The minimum Gasteiger partial charge on any atom is -0.265 e. The molecule has 0 fully saturated rings. The molecule has 0 aliphatic rings.